The zero-order chi connectivity index (χ0) is 36.6. The van der Waals surface area contributed by atoms with E-state index in [1.54, 1.807) is 11.3 Å². The summed E-state index contributed by atoms with van der Waals surface area (Å²) in [5, 5.41) is 5.99. The molecule has 0 unspecified atom stereocenters. The van der Waals surface area contributed by atoms with Crippen LogP contribution in [-0.4, -0.2) is 4.98 Å². The van der Waals surface area contributed by atoms with E-state index < -0.39 is 0 Å². The van der Waals surface area contributed by atoms with Crippen molar-refractivity contribution in [3.8, 4) is 21.7 Å². The van der Waals surface area contributed by atoms with Crippen molar-refractivity contribution >= 4 is 77.2 Å². The maximum absolute atomic E-state index is 5.25. The van der Waals surface area contributed by atoms with Crippen LogP contribution in [0.5, 0.6) is 0 Å². The molecule has 0 bridgehead atoms. The predicted octanol–water partition coefficient (Wildman–Crippen LogP) is 14.9. The molecule has 0 N–H and O–H groups in total. The van der Waals surface area contributed by atoms with Crippen LogP contribution in [0.1, 0.15) is 0 Å². The minimum absolute atomic E-state index is 1.02. The van der Waals surface area contributed by atoms with Gasteiger partial charge in [0.05, 0.1) is 10.2 Å². The highest BCUT2D eigenvalue weighted by Gasteiger charge is 2.18. The fourth-order valence-electron chi connectivity index (χ4n) is 7.64. The van der Waals surface area contributed by atoms with Crippen molar-refractivity contribution in [1.29, 1.82) is 0 Å². The van der Waals surface area contributed by atoms with Crippen molar-refractivity contribution in [2.75, 3.05) is 9.80 Å². The minimum atomic E-state index is 1.02. The Morgan fingerprint density at radius 3 is 1.15 bits per heavy atom. The van der Waals surface area contributed by atoms with Gasteiger partial charge in [-0.15, -0.1) is 11.3 Å². The van der Waals surface area contributed by atoms with E-state index in [9.17, 15) is 0 Å². The van der Waals surface area contributed by atoms with Crippen LogP contribution < -0.4 is 9.80 Å². The number of nitrogens with zero attached hydrogens (tertiary/aromatic N) is 3. The van der Waals surface area contributed by atoms with Gasteiger partial charge in [0.1, 0.15) is 5.01 Å². The lowest BCUT2D eigenvalue weighted by Crippen LogP contribution is -2.12. The Hall–Kier alpha value is -7.01. The summed E-state index contributed by atoms with van der Waals surface area (Å²) in [6.45, 7) is 0. The third-order valence-corrected chi connectivity index (χ3v) is 11.4. The van der Waals surface area contributed by atoms with E-state index in [-0.39, 0.29) is 0 Å². The lowest BCUT2D eigenvalue weighted by atomic mass is 10.0. The van der Waals surface area contributed by atoms with Crippen LogP contribution in [0.15, 0.2) is 212 Å². The van der Waals surface area contributed by atoms with Gasteiger partial charge in [0, 0.05) is 50.5 Å². The van der Waals surface area contributed by atoms with Crippen LogP contribution in [0.2, 0.25) is 0 Å². The number of fused-ring (bicyclic) bond motifs is 6. The lowest BCUT2D eigenvalue weighted by molar-refractivity contribution is 1.26. The monoisotopic (exact) mass is 721 g/mol. The van der Waals surface area contributed by atoms with Crippen molar-refractivity contribution in [3.05, 3.63) is 212 Å². The van der Waals surface area contributed by atoms with Crippen molar-refractivity contribution in [1.82, 2.24) is 4.98 Å². The second-order valence-electron chi connectivity index (χ2n) is 13.6. The maximum Gasteiger partial charge on any atom is 0.124 e. The molecule has 0 spiro atoms. The molecule has 260 valence electrons. The van der Waals surface area contributed by atoms with E-state index in [1.165, 1.54) is 37.4 Å². The van der Waals surface area contributed by atoms with Crippen molar-refractivity contribution in [3.63, 3.8) is 0 Å². The van der Waals surface area contributed by atoms with E-state index in [1.807, 2.05) is 0 Å². The Morgan fingerprint density at radius 2 is 0.636 bits per heavy atom. The average molecular weight is 722 g/mol. The number of anilines is 6. The third-order valence-electron chi connectivity index (χ3n) is 10.3. The van der Waals surface area contributed by atoms with Gasteiger partial charge in [-0.05, 0) is 107 Å². The zero-order valence-corrected chi connectivity index (χ0v) is 30.8. The summed E-state index contributed by atoms with van der Waals surface area (Å²) in [6, 6.07) is 75.5. The summed E-state index contributed by atoms with van der Waals surface area (Å²) in [5.74, 6) is 0. The number of thiazole rings is 1. The quantitative estimate of drug-likeness (QED) is 0.146. The Morgan fingerprint density at radius 1 is 0.291 bits per heavy atom. The first-order valence-corrected chi connectivity index (χ1v) is 19.4. The first-order chi connectivity index (χ1) is 27.3. The van der Waals surface area contributed by atoms with Gasteiger partial charge in [0.15, 0.2) is 0 Å². The molecule has 4 heteroatoms. The molecule has 10 rings (SSSR count). The Balaban J connectivity index is 1.01. The molecule has 0 atom stereocenters. The molecule has 1 aromatic heterocycles. The average Bonchev–Trinajstić information content (AvgIpc) is 3.73. The van der Waals surface area contributed by atoms with Crippen LogP contribution in [0, 0.1) is 0 Å². The molecule has 0 fully saturated rings. The van der Waals surface area contributed by atoms with Gasteiger partial charge in [0.2, 0.25) is 0 Å². The number of hydrogen-bond donors (Lipinski definition) is 0. The van der Waals surface area contributed by atoms with E-state index in [0.717, 1.165) is 50.2 Å². The molecular formula is C51H35N3S. The van der Waals surface area contributed by atoms with Crippen LogP contribution in [0.3, 0.4) is 0 Å². The second-order valence-corrected chi connectivity index (χ2v) is 14.6. The molecule has 0 aliphatic carbocycles. The second kappa shape index (κ2) is 14.1. The molecule has 3 nitrogen and oxygen atoms in total. The number of benzene rings is 9. The van der Waals surface area contributed by atoms with Gasteiger partial charge in [-0.2, -0.15) is 0 Å². The first-order valence-electron chi connectivity index (χ1n) is 18.5. The molecule has 0 amide bonds. The van der Waals surface area contributed by atoms with Crippen molar-refractivity contribution < 1.29 is 0 Å². The van der Waals surface area contributed by atoms with Gasteiger partial charge in [-0.25, -0.2) is 4.98 Å². The Bertz CT molecular complexity index is 2810. The van der Waals surface area contributed by atoms with E-state index in [2.05, 4.69) is 222 Å². The minimum Gasteiger partial charge on any atom is -0.311 e. The third kappa shape index (κ3) is 6.09. The highest BCUT2D eigenvalue weighted by Crippen LogP contribution is 2.43. The fraction of sp³-hybridized carbons (Fsp3) is 0. The number of para-hydroxylation sites is 2. The smallest absolute Gasteiger partial charge is 0.124 e. The van der Waals surface area contributed by atoms with E-state index >= 15 is 0 Å². The molecule has 0 aliphatic rings. The standard InChI is InChI=1S/C51H35N3S/c1-4-14-36(15-5-1)37-24-28-41(29-25-37)53(39-16-6-2-7-17-39)43-32-34-44(35-33-43)54(40-18-8-3-9-19-40)42-30-26-38(27-31-42)51-52-49-47-22-12-10-20-45(47)46-21-11-13-23-48(46)50(49)55-51/h1-35H. The number of aromatic nitrogens is 1. The largest absolute Gasteiger partial charge is 0.311 e. The molecule has 1 heterocycles. The van der Waals surface area contributed by atoms with Gasteiger partial charge in [-0.1, -0.05) is 127 Å². The summed E-state index contributed by atoms with van der Waals surface area (Å²) in [7, 11) is 0. The summed E-state index contributed by atoms with van der Waals surface area (Å²) < 4.78 is 1.23. The fourth-order valence-corrected chi connectivity index (χ4v) is 8.76. The van der Waals surface area contributed by atoms with Crippen molar-refractivity contribution in [2.24, 2.45) is 0 Å². The van der Waals surface area contributed by atoms with Crippen molar-refractivity contribution in [2.45, 2.75) is 0 Å². The first kappa shape index (κ1) is 32.6. The van der Waals surface area contributed by atoms with Gasteiger partial charge < -0.3 is 9.80 Å². The summed E-state index contributed by atoms with van der Waals surface area (Å²) in [4.78, 5) is 9.87. The van der Waals surface area contributed by atoms with E-state index in [0.29, 0.717) is 0 Å². The predicted molar refractivity (Wildman–Crippen MR) is 235 cm³/mol. The SMILES string of the molecule is c1ccc(-c2ccc(N(c3ccccc3)c3ccc(N(c4ccccc4)c4ccc(-c5nc6c7ccccc7c7ccccc7c6s5)cc4)cc3)cc2)cc1. The maximum atomic E-state index is 5.25. The molecule has 55 heavy (non-hydrogen) atoms. The van der Waals surface area contributed by atoms with Gasteiger partial charge >= 0.3 is 0 Å². The Labute approximate surface area is 324 Å². The topological polar surface area (TPSA) is 19.4 Å². The number of hydrogen-bond acceptors (Lipinski definition) is 4. The molecule has 9 aromatic carbocycles. The summed E-state index contributed by atoms with van der Waals surface area (Å²) in [6.07, 6.45) is 0. The molecule has 0 aliphatic heterocycles. The highest BCUT2D eigenvalue weighted by molar-refractivity contribution is 7.22. The highest BCUT2D eigenvalue weighted by atomic mass is 32.1. The van der Waals surface area contributed by atoms with Crippen LogP contribution in [0.25, 0.3) is 53.5 Å². The normalized spacial score (nSPS) is 11.3. The molecule has 0 radical (unpaired) electrons. The summed E-state index contributed by atoms with van der Waals surface area (Å²) in [5.41, 5.74) is 11.1. The summed E-state index contributed by atoms with van der Waals surface area (Å²) >= 11 is 1.77. The van der Waals surface area contributed by atoms with Gasteiger partial charge in [-0.3, -0.25) is 0 Å². The van der Waals surface area contributed by atoms with Crippen LogP contribution in [-0.2, 0) is 0 Å². The Kier molecular flexibility index (Phi) is 8.36. The zero-order valence-electron chi connectivity index (χ0n) is 30.0. The van der Waals surface area contributed by atoms with Gasteiger partial charge in [0.25, 0.3) is 0 Å². The van der Waals surface area contributed by atoms with Crippen LogP contribution in [0.4, 0.5) is 34.1 Å². The number of rotatable bonds is 8. The molecular weight excluding hydrogens is 687 g/mol. The van der Waals surface area contributed by atoms with Crippen LogP contribution >= 0.6 is 11.3 Å². The molecule has 10 aromatic rings. The van der Waals surface area contributed by atoms with E-state index in [4.69, 9.17) is 4.98 Å². The molecule has 0 saturated heterocycles. The lowest BCUT2D eigenvalue weighted by Gasteiger charge is -2.28. The molecule has 0 saturated carbocycles.